The van der Waals surface area contributed by atoms with Gasteiger partial charge in [-0.3, -0.25) is 9.59 Å². The Labute approximate surface area is 153 Å². The Kier molecular flexibility index (Phi) is 4.31. The molecule has 5 nitrogen and oxygen atoms in total. The molecule has 1 aliphatic rings. The molecule has 0 spiro atoms. The molecule has 3 aromatic rings. The molecule has 1 aliphatic heterocycles. The number of H-pyrrole nitrogens is 1. The third-order valence-electron chi connectivity index (χ3n) is 4.35. The molecule has 7 heteroatoms. The average Bonchev–Trinajstić information content (AvgIpc) is 3.25. The van der Waals surface area contributed by atoms with E-state index < -0.39 is 0 Å². The first-order valence-corrected chi connectivity index (χ1v) is 9.37. The lowest BCUT2D eigenvalue weighted by Crippen LogP contribution is -2.30. The van der Waals surface area contributed by atoms with Gasteiger partial charge in [-0.2, -0.15) is 0 Å². The van der Waals surface area contributed by atoms with E-state index in [9.17, 15) is 9.59 Å². The van der Waals surface area contributed by atoms with Gasteiger partial charge in [-0.1, -0.05) is 29.8 Å². The van der Waals surface area contributed by atoms with Crippen molar-refractivity contribution in [2.75, 3.05) is 13.1 Å². The number of carbonyl (C=O) groups is 1. The first-order chi connectivity index (χ1) is 12.1. The van der Waals surface area contributed by atoms with Crippen LogP contribution in [0.2, 0.25) is 5.02 Å². The van der Waals surface area contributed by atoms with Gasteiger partial charge >= 0.3 is 0 Å². The lowest BCUT2D eigenvalue weighted by Gasteiger charge is -2.14. The quantitative estimate of drug-likeness (QED) is 0.764. The predicted molar refractivity (Wildman–Crippen MR) is 100 cm³/mol. The number of nitrogens with one attached hydrogen (secondary N) is 1. The third kappa shape index (κ3) is 3.19. The van der Waals surface area contributed by atoms with Gasteiger partial charge in [0.15, 0.2) is 0 Å². The van der Waals surface area contributed by atoms with E-state index in [-0.39, 0.29) is 17.9 Å². The predicted octanol–water partition coefficient (Wildman–Crippen LogP) is 3.47. The molecular weight excluding hydrogens is 358 g/mol. The van der Waals surface area contributed by atoms with E-state index in [1.807, 2.05) is 35.2 Å². The number of halogens is 1. The number of nitrogens with zero attached hydrogens (tertiary/aromatic N) is 2. The minimum atomic E-state index is -0.211. The van der Waals surface area contributed by atoms with E-state index in [1.54, 1.807) is 0 Å². The Morgan fingerprint density at radius 2 is 2.04 bits per heavy atom. The fourth-order valence-electron chi connectivity index (χ4n) is 3.09. The Balaban J connectivity index is 1.69. The van der Waals surface area contributed by atoms with Gasteiger partial charge in [-0.05, 0) is 25.0 Å². The molecular formula is C18H16ClN3O2S. The summed E-state index contributed by atoms with van der Waals surface area (Å²) in [6, 6.07) is 9.37. The maximum Gasteiger partial charge on any atom is 0.268 e. The van der Waals surface area contributed by atoms with Crippen LogP contribution in [0.5, 0.6) is 0 Å². The smallest absolute Gasteiger partial charge is 0.268 e. The molecule has 0 aliphatic carbocycles. The number of aromatic amines is 1. The minimum absolute atomic E-state index is 0.0153. The van der Waals surface area contributed by atoms with Crippen molar-refractivity contribution >= 4 is 39.1 Å². The zero-order valence-electron chi connectivity index (χ0n) is 13.4. The molecule has 1 N–H and O–H groups in total. The van der Waals surface area contributed by atoms with Gasteiger partial charge in [0.25, 0.3) is 5.56 Å². The van der Waals surface area contributed by atoms with Crippen molar-refractivity contribution in [3.63, 3.8) is 0 Å². The Hall–Kier alpha value is -2.18. The van der Waals surface area contributed by atoms with Crippen molar-refractivity contribution in [2.45, 2.75) is 19.3 Å². The fourth-order valence-corrected chi connectivity index (χ4v) is 4.41. The lowest BCUT2D eigenvalue weighted by molar-refractivity contribution is -0.129. The zero-order valence-corrected chi connectivity index (χ0v) is 15.0. The molecule has 1 saturated heterocycles. The highest BCUT2D eigenvalue weighted by molar-refractivity contribution is 7.22. The summed E-state index contributed by atoms with van der Waals surface area (Å²) in [6.45, 7) is 1.58. The number of rotatable bonds is 3. The first kappa shape index (κ1) is 16.3. The van der Waals surface area contributed by atoms with Crippen LogP contribution in [-0.4, -0.2) is 33.9 Å². The van der Waals surface area contributed by atoms with Crippen LogP contribution >= 0.6 is 22.9 Å². The van der Waals surface area contributed by atoms with Crippen molar-refractivity contribution in [1.82, 2.24) is 14.9 Å². The van der Waals surface area contributed by atoms with E-state index >= 15 is 0 Å². The van der Waals surface area contributed by atoms with Crippen LogP contribution in [0.4, 0.5) is 0 Å². The molecule has 0 bridgehead atoms. The van der Waals surface area contributed by atoms with Crippen LogP contribution in [0.1, 0.15) is 18.7 Å². The number of likely N-dealkylation sites (tertiary alicyclic amines) is 1. The highest BCUT2D eigenvalue weighted by atomic mass is 35.5. The van der Waals surface area contributed by atoms with E-state index in [0.29, 0.717) is 21.1 Å². The maximum absolute atomic E-state index is 12.4. The topological polar surface area (TPSA) is 66.1 Å². The molecule has 0 radical (unpaired) electrons. The highest BCUT2D eigenvalue weighted by Crippen LogP contribution is 2.35. The second-order valence-electron chi connectivity index (χ2n) is 6.08. The van der Waals surface area contributed by atoms with Gasteiger partial charge in [0.05, 0.1) is 11.9 Å². The van der Waals surface area contributed by atoms with Gasteiger partial charge in [0.2, 0.25) is 5.91 Å². The normalized spacial score (nSPS) is 14.4. The lowest BCUT2D eigenvalue weighted by atomic mass is 10.2. The summed E-state index contributed by atoms with van der Waals surface area (Å²) in [7, 11) is 0. The van der Waals surface area contributed by atoms with Crippen LogP contribution in [0, 0.1) is 0 Å². The van der Waals surface area contributed by atoms with E-state index in [2.05, 4.69) is 9.97 Å². The summed E-state index contributed by atoms with van der Waals surface area (Å²) >= 11 is 7.61. The van der Waals surface area contributed by atoms with E-state index in [1.165, 1.54) is 11.3 Å². The van der Waals surface area contributed by atoms with Crippen LogP contribution in [0.15, 0.2) is 35.1 Å². The van der Waals surface area contributed by atoms with E-state index in [4.69, 9.17) is 11.6 Å². The average molecular weight is 374 g/mol. The Morgan fingerprint density at radius 1 is 1.28 bits per heavy atom. The molecule has 1 amide bonds. The zero-order chi connectivity index (χ0) is 17.4. The second-order valence-corrected chi connectivity index (χ2v) is 7.54. The van der Waals surface area contributed by atoms with Gasteiger partial charge < -0.3 is 9.88 Å². The summed E-state index contributed by atoms with van der Waals surface area (Å²) in [5, 5.41) is 0.634. The van der Waals surface area contributed by atoms with Gasteiger partial charge in [-0.25, -0.2) is 4.98 Å². The molecule has 2 aromatic heterocycles. The summed E-state index contributed by atoms with van der Waals surface area (Å²) in [5.74, 6) is 0.430. The van der Waals surface area contributed by atoms with Crippen molar-refractivity contribution in [1.29, 1.82) is 0 Å². The highest BCUT2D eigenvalue weighted by Gasteiger charge is 2.20. The number of carbonyl (C=O) groups excluding carboxylic acids is 1. The molecule has 0 atom stereocenters. The number of benzene rings is 1. The number of thiophene rings is 1. The van der Waals surface area contributed by atoms with Crippen molar-refractivity contribution in [3.05, 3.63) is 51.5 Å². The van der Waals surface area contributed by atoms with Gasteiger partial charge in [0.1, 0.15) is 10.5 Å². The minimum Gasteiger partial charge on any atom is -0.342 e. The van der Waals surface area contributed by atoms with Crippen LogP contribution in [0.3, 0.4) is 0 Å². The van der Waals surface area contributed by atoms with Crippen molar-refractivity contribution in [2.24, 2.45) is 0 Å². The molecule has 0 unspecified atom stereocenters. The summed E-state index contributed by atoms with van der Waals surface area (Å²) < 4.78 is 0.548. The summed E-state index contributed by atoms with van der Waals surface area (Å²) in [6.07, 6.45) is 2.21. The molecule has 25 heavy (non-hydrogen) atoms. The van der Waals surface area contributed by atoms with E-state index in [0.717, 1.165) is 36.4 Å². The van der Waals surface area contributed by atoms with Gasteiger partial charge in [-0.15, -0.1) is 11.3 Å². The van der Waals surface area contributed by atoms with Crippen molar-refractivity contribution < 1.29 is 4.79 Å². The van der Waals surface area contributed by atoms with Crippen LogP contribution in [0.25, 0.3) is 20.7 Å². The number of hydrogen-bond acceptors (Lipinski definition) is 4. The van der Waals surface area contributed by atoms with Crippen LogP contribution < -0.4 is 5.56 Å². The van der Waals surface area contributed by atoms with Gasteiger partial charge in [0, 0.05) is 28.6 Å². The maximum atomic E-state index is 12.4. The largest absolute Gasteiger partial charge is 0.342 e. The van der Waals surface area contributed by atoms with Crippen molar-refractivity contribution in [3.8, 4) is 10.4 Å². The summed E-state index contributed by atoms with van der Waals surface area (Å²) in [4.78, 5) is 34.6. The molecule has 4 rings (SSSR count). The molecule has 128 valence electrons. The third-order valence-corrected chi connectivity index (χ3v) is 5.83. The monoisotopic (exact) mass is 373 g/mol. The number of amides is 1. The Bertz CT molecular complexity index is 1000. The Morgan fingerprint density at radius 3 is 2.80 bits per heavy atom. The standard InChI is InChI=1S/C18H16ClN3O2S/c19-12-6-2-1-5-11(12)14-9-13-17(25-14)18(24)21-15(20-13)10-16(23)22-7-3-4-8-22/h1-2,5-6,9H,3-4,7-8,10H2,(H,20,21,24). The molecule has 3 heterocycles. The second kappa shape index (κ2) is 6.61. The molecule has 1 aromatic carbocycles. The number of fused-ring (bicyclic) bond motifs is 1. The first-order valence-electron chi connectivity index (χ1n) is 8.17. The molecule has 0 saturated carbocycles. The fraction of sp³-hybridized carbons (Fsp3) is 0.278. The number of aromatic nitrogens is 2. The van der Waals surface area contributed by atoms with Crippen LogP contribution in [-0.2, 0) is 11.2 Å². The number of hydrogen-bond donors (Lipinski definition) is 1. The summed E-state index contributed by atoms with van der Waals surface area (Å²) in [5.41, 5.74) is 1.27. The SMILES string of the molecule is O=C(Cc1nc2cc(-c3ccccc3Cl)sc2c(=O)[nH]1)N1CCCC1. The molecule has 1 fully saturated rings.